The van der Waals surface area contributed by atoms with Gasteiger partial charge in [-0.3, -0.25) is 9.89 Å². The van der Waals surface area contributed by atoms with Gasteiger partial charge in [-0.2, -0.15) is 5.10 Å². The van der Waals surface area contributed by atoms with Crippen LogP contribution in [0, 0.1) is 0 Å². The maximum atomic E-state index is 12.3. The fourth-order valence-corrected chi connectivity index (χ4v) is 3.01. The normalized spacial score (nSPS) is 13.0. The van der Waals surface area contributed by atoms with Crippen LogP contribution in [0.15, 0.2) is 40.9 Å². The van der Waals surface area contributed by atoms with E-state index in [0.717, 1.165) is 20.9 Å². The van der Waals surface area contributed by atoms with E-state index in [0.29, 0.717) is 30.5 Å². The summed E-state index contributed by atoms with van der Waals surface area (Å²) >= 11 is 3.41. The Morgan fingerprint density at radius 1 is 1.17 bits per heavy atom. The first-order valence-electron chi connectivity index (χ1n) is 7.51. The molecule has 1 aliphatic heterocycles. The second-order valence-corrected chi connectivity index (χ2v) is 6.38. The Bertz CT molecular complexity index is 923. The van der Waals surface area contributed by atoms with Crippen molar-refractivity contribution in [2.45, 2.75) is 6.42 Å². The highest BCUT2D eigenvalue weighted by molar-refractivity contribution is 9.10. The molecule has 4 rings (SSSR count). The highest BCUT2D eigenvalue weighted by atomic mass is 79.9. The quantitative estimate of drug-likeness (QED) is 0.722. The van der Waals surface area contributed by atoms with Gasteiger partial charge in [0, 0.05) is 9.86 Å². The molecular weight excluding hydrogens is 374 g/mol. The Morgan fingerprint density at radius 2 is 2.00 bits per heavy atom. The average Bonchev–Trinajstić information content (AvgIpc) is 2.96. The van der Waals surface area contributed by atoms with Crippen LogP contribution >= 0.6 is 15.9 Å². The van der Waals surface area contributed by atoms with Gasteiger partial charge in [-0.1, -0.05) is 22.0 Å². The van der Waals surface area contributed by atoms with Crippen molar-refractivity contribution in [2.75, 3.05) is 18.5 Å². The highest BCUT2D eigenvalue weighted by Crippen LogP contribution is 2.31. The Balaban J connectivity index is 1.50. The molecule has 24 heavy (non-hydrogen) atoms. The maximum Gasteiger partial charge on any atom is 0.230 e. The van der Waals surface area contributed by atoms with Gasteiger partial charge in [0.05, 0.1) is 11.9 Å². The van der Waals surface area contributed by atoms with Gasteiger partial charge in [0.2, 0.25) is 5.91 Å². The predicted octanol–water partition coefficient (Wildman–Crippen LogP) is 3.28. The average molecular weight is 388 g/mol. The van der Waals surface area contributed by atoms with Crippen molar-refractivity contribution in [2.24, 2.45) is 0 Å². The molecule has 1 amide bonds. The van der Waals surface area contributed by atoms with E-state index in [-0.39, 0.29) is 12.3 Å². The number of ether oxygens (including phenoxy) is 2. The molecule has 3 aromatic rings. The van der Waals surface area contributed by atoms with Crippen molar-refractivity contribution in [1.29, 1.82) is 0 Å². The van der Waals surface area contributed by atoms with Gasteiger partial charge in [-0.25, -0.2) is 0 Å². The first-order valence-corrected chi connectivity index (χ1v) is 8.30. The molecule has 0 saturated carbocycles. The summed E-state index contributed by atoms with van der Waals surface area (Å²) in [6.07, 6.45) is 0.238. The van der Waals surface area contributed by atoms with Gasteiger partial charge < -0.3 is 14.8 Å². The Morgan fingerprint density at radius 3 is 2.88 bits per heavy atom. The van der Waals surface area contributed by atoms with Gasteiger partial charge in [-0.05, 0) is 35.9 Å². The summed E-state index contributed by atoms with van der Waals surface area (Å²) in [6, 6.07) is 11.3. The highest BCUT2D eigenvalue weighted by Gasteiger charge is 2.14. The van der Waals surface area contributed by atoms with Crippen LogP contribution in [0.2, 0.25) is 0 Å². The third-order valence-corrected chi connectivity index (χ3v) is 4.25. The SMILES string of the molecule is O=C(Cc1ccc2c(c1)OCCO2)Nc1n[nH]c2cc(Br)ccc12. The Kier molecular flexibility index (Phi) is 3.86. The van der Waals surface area contributed by atoms with Crippen LogP contribution in [-0.4, -0.2) is 29.3 Å². The summed E-state index contributed by atoms with van der Waals surface area (Å²) in [5, 5.41) is 10.8. The number of benzene rings is 2. The zero-order chi connectivity index (χ0) is 16.5. The molecule has 0 bridgehead atoms. The zero-order valence-electron chi connectivity index (χ0n) is 12.6. The smallest absolute Gasteiger partial charge is 0.230 e. The van der Waals surface area contributed by atoms with E-state index < -0.39 is 0 Å². The van der Waals surface area contributed by atoms with Crippen molar-refractivity contribution in [3.05, 3.63) is 46.4 Å². The second kappa shape index (κ2) is 6.16. The van der Waals surface area contributed by atoms with Crippen molar-refractivity contribution in [3.8, 4) is 11.5 Å². The maximum absolute atomic E-state index is 12.3. The first kappa shape index (κ1) is 15.0. The molecule has 0 fully saturated rings. The molecule has 1 aromatic heterocycles. The topological polar surface area (TPSA) is 76.2 Å². The second-order valence-electron chi connectivity index (χ2n) is 5.47. The van der Waals surface area contributed by atoms with E-state index >= 15 is 0 Å². The number of amides is 1. The van der Waals surface area contributed by atoms with Gasteiger partial charge in [0.1, 0.15) is 13.2 Å². The number of aromatic nitrogens is 2. The number of hydrogen-bond acceptors (Lipinski definition) is 4. The van der Waals surface area contributed by atoms with E-state index in [1.165, 1.54) is 0 Å². The number of rotatable bonds is 3. The van der Waals surface area contributed by atoms with Crippen LogP contribution in [0.3, 0.4) is 0 Å². The molecule has 1 aliphatic rings. The number of nitrogens with zero attached hydrogens (tertiary/aromatic N) is 1. The number of aromatic amines is 1. The molecule has 2 N–H and O–H groups in total. The minimum Gasteiger partial charge on any atom is -0.486 e. The summed E-state index contributed by atoms with van der Waals surface area (Å²) < 4.78 is 12.0. The summed E-state index contributed by atoms with van der Waals surface area (Å²) in [4.78, 5) is 12.3. The van der Waals surface area contributed by atoms with E-state index in [9.17, 15) is 4.79 Å². The van der Waals surface area contributed by atoms with Gasteiger partial charge in [0.25, 0.3) is 0 Å². The van der Waals surface area contributed by atoms with Crippen LogP contribution in [0.25, 0.3) is 10.9 Å². The monoisotopic (exact) mass is 387 g/mol. The van der Waals surface area contributed by atoms with Crippen molar-refractivity contribution in [3.63, 3.8) is 0 Å². The molecule has 0 aliphatic carbocycles. The number of carbonyl (C=O) groups excluding carboxylic acids is 1. The summed E-state index contributed by atoms with van der Waals surface area (Å²) in [7, 11) is 0. The van der Waals surface area contributed by atoms with Crippen LogP contribution in [0.4, 0.5) is 5.82 Å². The number of hydrogen-bond donors (Lipinski definition) is 2. The molecule has 0 radical (unpaired) electrons. The number of carbonyl (C=O) groups is 1. The molecule has 0 spiro atoms. The Labute approximate surface area is 146 Å². The predicted molar refractivity (Wildman–Crippen MR) is 93.6 cm³/mol. The standard InChI is InChI=1S/C17H14BrN3O3/c18-11-2-3-12-13(9-11)20-21-17(12)19-16(22)8-10-1-4-14-15(7-10)24-6-5-23-14/h1-4,7,9H,5-6,8H2,(H2,19,20,21,22). The third kappa shape index (κ3) is 2.94. The van der Waals surface area contributed by atoms with E-state index in [2.05, 4.69) is 31.4 Å². The lowest BCUT2D eigenvalue weighted by atomic mass is 10.1. The minimum absolute atomic E-state index is 0.136. The number of halogens is 1. The molecule has 0 saturated heterocycles. The molecule has 0 unspecified atom stereocenters. The third-order valence-electron chi connectivity index (χ3n) is 3.75. The van der Waals surface area contributed by atoms with Crippen LogP contribution in [0.5, 0.6) is 11.5 Å². The first-order chi connectivity index (χ1) is 11.7. The fraction of sp³-hybridized carbons (Fsp3) is 0.176. The molecule has 2 aromatic carbocycles. The van der Waals surface area contributed by atoms with Gasteiger partial charge in [-0.15, -0.1) is 0 Å². The number of H-pyrrole nitrogens is 1. The lowest BCUT2D eigenvalue weighted by Crippen LogP contribution is -2.17. The van der Waals surface area contributed by atoms with Gasteiger partial charge >= 0.3 is 0 Å². The van der Waals surface area contributed by atoms with Crippen LogP contribution in [-0.2, 0) is 11.2 Å². The molecule has 2 heterocycles. The lowest BCUT2D eigenvalue weighted by molar-refractivity contribution is -0.115. The molecule has 7 heteroatoms. The Hall–Kier alpha value is -2.54. The summed E-state index contributed by atoms with van der Waals surface area (Å²) in [6.45, 7) is 1.08. The lowest BCUT2D eigenvalue weighted by Gasteiger charge is -2.18. The van der Waals surface area contributed by atoms with Crippen molar-refractivity contribution in [1.82, 2.24) is 10.2 Å². The zero-order valence-corrected chi connectivity index (χ0v) is 14.2. The number of anilines is 1. The minimum atomic E-state index is -0.136. The number of nitrogens with one attached hydrogen (secondary N) is 2. The van der Waals surface area contributed by atoms with E-state index in [1.54, 1.807) is 0 Å². The van der Waals surface area contributed by atoms with Crippen LogP contribution < -0.4 is 14.8 Å². The van der Waals surface area contributed by atoms with Crippen molar-refractivity contribution >= 4 is 38.6 Å². The summed E-state index contributed by atoms with van der Waals surface area (Å²) in [5.74, 6) is 1.79. The van der Waals surface area contributed by atoms with Gasteiger partial charge in [0.15, 0.2) is 17.3 Å². The fourth-order valence-electron chi connectivity index (χ4n) is 2.65. The number of fused-ring (bicyclic) bond motifs is 2. The molecular formula is C17H14BrN3O3. The van der Waals surface area contributed by atoms with Crippen molar-refractivity contribution < 1.29 is 14.3 Å². The molecule has 0 atom stereocenters. The summed E-state index contributed by atoms with van der Waals surface area (Å²) in [5.41, 5.74) is 1.72. The molecule has 6 nitrogen and oxygen atoms in total. The van der Waals surface area contributed by atoms with Crippen LogP contribution in [0.1, 0.15) is 5.56 Å². The van der Waals surface area contributed by atoms with E-state index in [1.807, 2.05) is 36.4 Å². The van der Waals surface area contributed by atoms with E-state index in [4.69, 9.17) is 9.47 Å². The molecule has 122 valence electrons. The largest absolute Gasteiger partial charge is 0.486 e.